The van der Waals surface area contributed by atoms with Crippen molar-refractivity contribution in [3.8, 4) is 33.9 Å². The normalized spacial score (nSPS) is 10.8. The summed E-state index contributed by atoms with van der Waals surface area (Å²) in [4.78, 5) is 13.8. The molecule has 0 amide bonds. The van der Waals surface area contributed by atoms with Crippen LogP contribution in [0.25, 0.3) is 33.9 Å². The maximum Gasteiger partial charge on any atom is 0.163 e. The molecule has 3 heteroatoms. The molecule has 0 aliphatic carbocycles. The van der Waals surface area contributed by atoms with Gasteiger partial charge in [-0.3, -0.25) is 0 Å². The van der Waals surface area contributed by atoms with Crippen molar-refractivity contribution in [2.75, 3.05) is 0 Å². The van der Waals surface area contributed by atoms with Crippen molar-refractivity contribution in [3.05, 3.63) is 89.7 Å². The highest BCUT2D eigenvalue weighted by molar-refractivity contribution is 5.68. The number of benzene rings is 3. The lowest BCUT2D eigenvalue weighted by molar-refractivity contribution is 0.991. The Labute approximate surface area is 159 Å². The Morgan fingerprint density at radius 1 is 0.481 bits per heavy atom. The molecule has 27 heavy (non-hydrogen) atoms. The molecule has 0 aliphatic heterocycles. The van der Waals surface area contributed by atoms with E-state index in [1.807, 2.05) is 13.0 Å². The predicted molar refractivity (Wildman–Crippen MR) is 110 cm³/mol. The molecule has 0 unspecified atom stereocenters. The number of hydrogen-bond donors (Lipinski definition) is 0. The monoisotopic (exact) mass is 351 g/mol. The maximum absolute atomic E-state index is 4.74. The Hall–Kier alpha value is -3.33. The Morgan fingerprint density at radius 2 is 1.00 bits per heavy atom. The van der Waals surface area contributed by atoms with Gasteiger partial charge in [0.2, 0.25) is 0 Å². The molecule has 0 N–H and O–H groups in total. The van der Waals surface area contributed by atoms with Gasteiger partial charge >= 0.3 is 0 Å². The van der Waals surface area contributed by atoms with Crippen LogP contribution >= 0.6 is 0 Å². The van der Waals surface area contributed by atoms with E-state index in [0.29, 0.717) is 5.82 Å². The number of rotatable bonds is 3. The van der Waals surface area contributed by atoms with Gasteiger partial charge in [0.05, 0.1) is 0 Å². The van der Waals surface area contributed by atoms with Crippen LogP contribution < -0.4 is 0 Å². The SMILES string of the molecule is Cc1cc(C)cc(-c2nc(C)nc(-c3ccc(-c4ccccc4)cc3)n2)c1. The molecule has 4 rings (SSSR count). The second kappa shape index (κ2) is 7.12. The van der Waals surface area contributed by atoms with Crippen LogP contribution in [-0.2, 0) is 0 Å². The molecule has 0 aliphatic rings. The molecule has 1 aromatic heterocycles. The molecule has 0 radical (unpaired) electrons. The van der Waals surface area contributed by atoms with Crippen molar-refractivity contribution in [1.82, 2.24) is 15.0 Å². The summed E-state index contributed by atoms with van der Waals surface area (Å²) in [6, 6.07) is 25.1. The fourth-order valence-corrected chi connectivity index (χ4v) is 3.29. The van der Waals surface area contributed by atoms with E-state index in [1.54, 1.807) is 0 Å². The third-order valence-corrected chi connectivity index (χ3v) is 4.48. The first-order valence-electron chi connectivity index (χ1n) is 9.06. The molecule has 0 spiro atoms. The van der Waals surface area contributed by atoms with Crippen LogP contribution in [0.3, 0.4) is 0 Å². The van der Waals surface area contributed by atoms with Crippen molar-refractivity contribution in [2.45, 2.75) is 20.8 Å². The molecule has 4 aromatic rings. The van der Waals surface area contributed by atoms with Crippen LogP contribution in [0, 0.1) is 20.8 Å². The van der Waals surface area contributed by atoms with Gasteiger partial charge in [-0.05, 0) is 44.0 Å². The molecule has 1 heterocycles. The van der Waals surface area contributed by atoms with Crippen molar-refractivity contribution >= 4 is 0 Å². The fraction of sp³-hybridized carbons (Fsp3) is 0.125. The molecule has 3 aromatic carbocycles. The van der Waals surface area contributed by atoms with Crippen LogP contribution in [0.1, 0.15) is 17.0 Å². The first kappa shape index (κ1) is 17.1. The summed E-state index contributed by atoms with van der Waals surface area (Å²) in [6.45, 7) is 6.09. The third-order valence-electron chi connectivity index (χ3n) is 4.48. The Kier molecular flexibility index (Phi) is 4.51. The highest BCUT2D eigenvalue weighted by atomic mass is 15.0. The Bertz CT molecular complexity index is 1060. The molecule has 0 saturated carbocycles. The van der Waals surface area contributed by atoms with Crippen LogP contribution in [0.2, 0.25) is 0 Å². The zero-order valence-electron chi connectivity index (χ0n) is 15.8. The van der Waals surface area contributed by atoms with Crippen molar-refractivity contribution in [1.29, 1.82) is 0 Å². The van der Waals surface area contributed by atoms with Crippen molar-refractivity contribution < 1.29 is 0 Å². The molecule has 0 bridgehead atoms. The van der Waals surface area contributed by atoms with Gasteiger partial charge in [-0.15, -0.1) is 0 Å². The minimum absolute atomic E-state index is 0.705. The summed E-state index contributed by atoms with van der Waals surface area (Å²) in [6.07, 6.45) is 0. The summed E-state index contributed by atoms with van der Waals surface area (Å²) in [5.41, 5.74) is 6.81. The third kappa shape index (κ3) is 3.77. The van der Waals surface area contributed by atoms with Crippen molar-refractivity contribution in [3.63, 3.8) is 0 Å². The zero-order chi connectivity index (χ0) is 18.8. The highest BCUT2D eigenvalue weighted by Gasteiger charge is 2.10. The van der Waals surface area contributed by atoms with Gasteiger partial charge in [-0.25, -0.2) is 15.0 Å². The molecular weight excluding hydrogens is 330 g/mol. The molecule has 132 valence electrons. The van der Waals surface area contributed by atoms with E-state index in [2.05, 4.69) is 90.5 Å². The predicted octanol–water partition coefficient (Wildman–Crippen LogP) is 5.80. The number of aromatic nitrogens is 3. The zero-order valence-corrected chi connectivity index (χ0v) is 15.8. The quantitative estimate of drug-likeness (QED) is 0.468. The lowest BCUT2D eigenvalue weighted by Gasteiger charge is -2.08. The summed E-state index contributed by atoms with van der Waals surface area (Å²) >= 11 is 0. The first-order chi connectivity index (χ1) is 13.1. The second-order valence-electron chi connectivity index (χ2n) is 6.85. The lowest BCUT2D eigenvalue weighted by atomic mass is 10.0. The summed E-state index contributed by atoms with van der Waals surface area (Å²) in [7, 11) is 0. The molecule has 0 saturated heterocycles. The van der Waals surface area contributed by atoms with E-state index in [9.17, 15) is 0 Å². The van der Waals surface area contributed by atoms with Gasteiger partial charge in [-0.1, -0.05) is 71.8 Å². The van der Waals surface area contributed by atoms with Gasteiger partial charge < -0.3 is 0 Å². The summed E-state index contributed by atoms with van der Waals surface area (Å²) in [5, 5.41) is 0. The smallest absolute Gasteiger partial charge is 0.163 e. The fourth-order valence-electron chi connectivity index (χ4n) is 3.29. The lowest BCUT2D eigenvalue weighted by Crippen LogP contribution is -2.00. The van der Waals surface area contributed by atoms with Crippen LogP contribution in [0.15, 0.2) is 72.8 Å². The number of nitrogens with zero attached hydrogens (tertiary/aromatic N) is 3. The van der Waals surface area contributed by atoms with Gasteiger partial charge in [-0.2, -0.15) is 0 Å². The molecule has 0 fully saturated rings. The van der Waals surface area contributed by atoms with E-state index in [-0.39, 0.29) is 0 Å². The number of aryl methyl sites for hydroxylation is 3. The maximum atomic E-state index is 4.74. The number of hydrogen-bond acceptors (Lipinski definition) is 3. The van der Waals surface area contributed by atoms with Gasteiger partial charge in [0.15, 0.2) is 11.6 Å². The molecule has 0 atom stereocenters. The van der Waals surface area contributed by atoms with E-state index in [1.165, 1.54) is 22.3 Å². The van der Waals surface area contributed by atoms with Gasteiger partial charge in [0.25, 0.3) is 0 Å². The standard InChI is InChI=1S/C24H21N3/c1-16-13-17(2)15-22(14-16)24-26-18(3)25-23(27-24)21-11-9-20(10-12-21)19-7-5-4-6-8-19/h4-15H,1-3H3. The second-order valence-corrected chi connectivity index (χ2v) is 6.85. The largest absolute Gasteiger partial charge is 0.213 e. The minimum atomic E-state index is 0.705. The van der Waals surface area contributed by atoms with E-state index < -0.39 is 0 Å². The van der Waals surface area contributed by atoms with E-state index in [0.717, 1.165) is 22.8 Å². The van der Waals surface area contributed by atoms with Crippen molar-refractivity contribution in [2.24, 2.45) is 0 Å². The van der Waals surface area contributed by atoms with E-state index >= 15 is 0 Å². The first-order valence-corrected chi connectivity index (χ1v) is 9.06. The Balaban J connectivity index is 1.73. The van der Waals surface area contributed by atoms with Gasteiger partial charge in [0.1, 0.15) is 5.82 Å². The Morgan fingerprint density at radius 3 is 1.63 bits per heavy atom. The van der Waals surface area contributed by atoms with E-state index in [4.69, 9.17) is 4.98 Å². The minimum Gasteiger partial charge on any atom is -0.213 e. The van der Waals surface area contributed by atoms with Crippen LogP contribution in [0.4, 0.5) is 0 Å². The van der Waals surface area contributed by atoms with Crippen LogP contribution in [-0.4, -0.2) is 15.0 Å². The topological polar surface area (TPSA) is 38.7 Å². The highest BCUT2D eigenvalue weighted by Crippen LogP contribution is 2.25. The molecular formula is C24H21N3. The van der Waals surface area contributed by atoms with Crippen LogP contribution in [0.5, 0.6) is 0 Å². The average Bonchev–Trinajstić information content (AvgIpc) is 2.67. The summed E-state index contributed by atoms with van der Waals surface area (Å²) < 4.78 is 0. The van der Waals surface area contributed by atoms with Gasteiger partial charge in [0, 0.05) is 11.1 Å². The average molecular weight is 351 g/mol. The summed E-state index contributed by atoms with van der Waals surface area (Å²) in [5.74, 6) is 2.15. The molecule has 3 nitrogen and oxygen atoms in total.